The van der Waals surface area contributed by atoms with Crippen LogP contribution in [0.1, 0.15) is 30.9 Å². The molecule has 6 nitrogen and oxygen atoms in total. The van der Waals surface area contributed by atoms with Crippen molar-refractivity contribution in [1.29, 1.82) is 5.26 Å². The Morgan fingerprint density at radius 3 is 2.83 bits per heavy atom. The number of anilines is 1. The lowest BCUT2D eigenvalue weighted by Gasteiger charge is -2.39. The zero-order chi connectivity index (χ0) is 20.4. The number of fused-ring (bicyclic) bond motifs is 1. The molecular weight excluding hydrogens is 386 g/mol. The molecule has 1 aliphatic heterocycles. The fourth-order valence-electron chi connectivity index (χ4n) is 3.80. The molecule has 0 spiro atoms. The maximum absolute atomic E-state index is 12.9. The second-order valence-corrected chi connectivity index (χ2v) is 8.17. The molecule has 29 heavy (non-hydrogen) atoms. The van der Waals surface area contributed by atoms with Crippen LogP contribution in [-0.2, 0) is 11.3 Å². The number of pyridine rings is 1. The third-order valence-electron chi connectivity index (χ3n) is 5.75. The van der Waals surface area contributed by atoms with Gasteiger partial charge in [0.1, 0.15) is 11.7 Å². The highest BCUT2D eigenvalue weighted by Crippen LogP contribution is 2.35. The lowest BCUT2D eigenvalue weighted by molar-refractivity contribution is -0.131. The van der Waals surface area contributed by atoms with Crippen LogP contribution >= 0.6 is 11.6 Å². The van der Waals surface area contributed by atoms with Crippen LogP contribution in [0.15, 0.2) is 48.9 Å². The van der Waals surface area contributed by atoms with Gasteiger partial charge in [-0.15, -0.1) is 0 Å². The summed E-state index contributed by atoms with van der Waals surface area (Å²) in [7, 11) is 0. The SMILES string of the molecule is CC1(C(=O)NCc2ccn3ccnc3c2)CCN(c2ccc(Cl)cc2C#N)CC1. The highest BCUT2D eigenvalue weighted by Gasteiger charge is 2.37. The summed E-state index contributed by atoms with van der Waals surface area (Å²) < 4.78 is 1.94. The molecule has 1 saturated heterocycles. The maximum atomic E-state index is 12.9. The van der Waals surface area contributed by atoms with Crippen molar-refractivity contribution in [2.75, 3.05) is 18.0 Å². The lowest BCUT2D eigenvalue weighted by atomic mass is 9.79. The highest BCUT2D eigenvalue weighted by molar-refractivity contribution is 6.30. The second-order valence-electron chi connectivity index (χ2n) is 7.73. The molecule has 1 amide bonds. The van der Waals surface area contributed by atoms with Crippen LogP contribution in [0.2, 0.25) is 5.02 Å². The van der Waals surface area contributed by atoms with Gasteiger partial charge in [0.05, 0.1) is 11.3 Å². The monoisotopic (exact) mass is 407 g/mol. The fraction of sp³-hybridized carbons (Fsp3) is 0.318. The van der Waals surface area contributed by atoms with E-state index < -0.39 is 5.41 Å². The van der Waals surface area contributed by atoms with Crippen LogP contribution in [0.25, 0.3) is 5.65 Å². The number of carbonyl (C=O) groups is 1. The number of hydrogen-bond donors (Lipinski definition) is 1. The van der Waals surface area contributed by atoms with Gasteiger partial charge >= 0.3 is 0 Å². The normalized spacial score (nSPS) is 15.8. The molecule has 1 N–H and O–H groups in total. The highest BCUT2D eigenvalue weighted by atomic mass is 35.5. The summed E-state index contributed by atoms with van der Waals surface area (Å²) in [6.07, 6.45) is 7.05. The van der Waals surface area contributed by atoms with Gasteiger partial charge in [-0.1, -0.05) is 18.5 Å². The Morgan fingerprint density at radius 2 is 2.07 bits per heavy atom. The molecule has 0 radical (unpaired) electrons. The minimum atomic E-state index is -0.423. The van der Waals surface area contributed by atoms with Gasteiger partial charge in [-0.2, -0.15) is 5.26 Å². The third kappa shape index (κ3) is 3.92. The van der Waals surface area contributed by atoms with Crippen molar-refractivity contribution in [1.82, 2.24) is 14.7 Å². The predicted molar refractivity (Wildman–Crippen MR) is 113 cm³/mol. The molecule has 7 heteroatoms. The minimum absolute atomic E-state index is 0.0666. The van der Waals surface area contributed by atoms with E-state index in [0.29, 0.717) is 17.1 Å². The molecule has 0 aliphatic carbocycles. The van der Waals surface area contributed by atoms with Crippen molar-refractivity contribution < 1.29 is 4.79 Å². The van der Waals surface area contributed by atoms with Crippen molar-refractivity contribution in [3.63, 3.8) is 0 Å². The van der Waals surface area contributed by atoms with E-state index in [1.807, 2.05) is 41.9 Å². The lowest BCUT2D eigenvalue weighted by Crippen LogP contribution is -2.47. The first-order chi connectivity index (χ1) is 14.0. The first-order valence-electron chi connectivity index (χ1n) is 9.63. The maximum Gasteiger partial charge on any atom is 0.226 e. The number of piperidine rings is 1. The van der Waals surface area contributed by atoms with E-state index in [1.165, 1.54) is 0 Å². The van der Waals surface area contributed by atoms with Gasteiger partial charge in [0.15, 0.2) is 0 Å². The first-order valence-corrected chi connectivity index (χ1v) is 10.0. The summed E-state index contributed by atoms with van der Waals surface area (Å²) in [6.45, 7) is 3.95. The number of hydrogen-bond acceptors (Lipinski definition) is 4. The molecule has 0 saturated carbocycles. The molecule has 148 valence electrons. The Balaban J connectivity index is 1.38. The van der Waals surface area contributed by atoms with E-state index in [4.69, 9.17) is 11.6 Å². The molecule has 0 unspecified atom stereocenters. The number of benzene rings is 1. The summed E-state index contributed by atoms with van der Waals surface area (Å²) >= 11 is 6.00. The predicted octanol–water partition coefficient (Wildman–Crippen LogP) is 3.78. The average Bonchev–Trinajstić information content (AvgIpc) is 3.20. The van der Waals surface area contributed by atoms with Crippen LogP contribution < -0.4 is 10.2 Å². The molecular formula is C22H22ClN5O. The quantitative estimate of drug-likeness (QED) is 0.714. The third-order valence-corrected chi connectivity index (χ3v) is 5.99. The molecule has 1 aliphatic rings. The average molecular weight is 408 g/mol. The number of nitriles is 1. The van der Waals surface area contributed by atoms with E-state index in [9.17, 15) is 10.1 Å². The number of halogens is 1. The standard InChI is InChI=1S/C22H22ClN5O/c1-22(21(29)26-15-16-4-8-28-11-7-25-20(28)12-16)5-9-27(10-6-22)19-3-2-18(23)13-17(19)14-24/h2-4,7-8,11-13H,5-6,9-10,15H2,1H3,(H,26,29). The van der Waals surface area contributed by atoms with Crippen LogP contribution in [-0.4, -0.2) is 28.4 Å². The van der Waals surface area contributed by atoms with E-state index in [-0.39, 0.29) is 5.91 Å². The van der Waals surface area contributed by atoms with Crippen molar-refractivity contribution >= 4 is 28.8 Å². The number of carbonyl (C=O) groups excluding carboxylic acids is 1. The largest absolute Gasteiger partial charge is 0.370 e. The van der Waals surface area contributed by atoms with E-state index in [0.717, 1.165) is 42.8 Å². The topological polar surface area (TPSA) is 73.4 Å². The smallest absolute Gasteiger partial charge is 0.226 e. The first kappa shape index (κ1) is 19.3. The molecule has 3 heterocycles. The molecule has 1 fully saturated rings. The number of aromatic nitrogens is 2. The van der Waals surface area contributed by atoms with Crippen molar-refractivity contribution in [3.8, 4) is 6.07 Å². The van der Waals surface area contributed by atoms with Gasteiger partial charge in [-0.05, 0) is 48.7 Å². The van der Waals surface area contributed by atoms with Gasteiger partial charge < -0.3 is 14.6 Å². The zero-order valence-electron chi connectivity index (χ0n) is 16.2. The van der Waals surface area contributed by atoms with E-state index >= 15 is 0 Å². The van der Waals surface area contributed by atoms with E-state index in [1.54, 1.807) is 18.3 Å². The molecule has 1 aromatic carbocycles. The summed E-state index contributed by atoms with van der Waals surface area (Å²) in [5.74, 6) is 0.0666. The molecule has 0 atom stereocenters. The number of amides is 1. The Bertz CT molecular complexity index is 1090. The number of nitrogens with one attached hydrogen (secondary N) is 1. The van der Waals surface area contributed by atoms with Crippen LogP contribution in [0.5, 0.6) is 0 Å². The Hall–Kier alpha value is -3.04. The zero-order valence-corrected chi connectivity index (χ0v) is 17.0. The van der Waals surface area contributed by atoms with Crippen molar-refractivity contribution in [2.45, 2.75) is 26.3 Å². The number of rotatable bonds is 4. The van der Waals surface area contributed by atoms with Crippen LogP contribution in [0.3, 0.4) is 0 Å². The second kappa shape index (κ2) is 7.76. The van der Waals surface area contributed by atoms with Gasteiger partial charge in [0.2, 0.25) is 5.91 Å². The van der Waals surface area contributed by atoms with Gasteiger partial charge in [0.25, 0.3) is 0 Å². The van der Waals surface area contributed by atoms with Crippen LogP contribution in [0.4, 0.5) is 5.69 Å². The fourth-order valence-corrected chi connectivity index (χ4v) is 3.97. The van der Waals surface area contributed by atoms with E-state index in [2.05, 4.69) is 21.3 Å². The Kier molecular flexibility index (Phi) is 5.16. The van der Waals surface area contributed by atoms with Crippen LogP contribution in [0, 0.1) is 16.7 Å². The summed E-state index contributed by atoms with van der Waals surface area (Å²) in [5, 5.41) is 13.0. The summed E-state index contributed by atoms with van der Waals surface area (Å²) in [6, 6.07) is 11.6. The number of nitrogens with zero attached hydrogens (tertiary/aromatic N) is 4. The van der Waals surface area contributed by atoms with Gasteiger partial charge in [0, 0.05) is 48.7 Å². The summed E-state index contributed by atoms with van der Waals surface area (Å²) in [5.41, 5.74) is 2.92. The molecule has 0 bridgehead atoms. The van der Waals surface area contributed by atoms with Crippen molar-refractivity contribution in [3.05, 3.63) is 65.1 Å². The number of imidazole rings is 1. The van der Waals surface area contributed by atoms with Crippen molar-refractivity contribution in [2.24, 2.45) is 5.41 Å². The molecule has 4 rings (SSSR count). The van der Waals surface area contributed by atoms with Gasteiger partial charge in [-0.3, -0.25) is 4.79 Å². The Morgan fingerprint density at radius 1 is 1.28 bits per heavy atom. The minimum Gasteiger partial charge on any atom is -0.370 e. The molecule has 2 aromatic heterocycles. The van der Waals surface area contributed by atoms with Gasteiger partial charge in [-0.25, -0.2) is 4.98 Å². The molecule has 3 aromatic rings. The summed E-state index contributed by atoms with van der Waals surface area (Å²) in [4.78, 5) is 19.3. The Labute approximate surface area is 174 Å².